The topological polar surface area (TPSA) is 58.2 Å². The predicted octanol–water partition coefficient (Wildman–Crippen LogP) is 6.40. The smallest absolute Gasteiger partial charge is 0.230 e. The molecule has 8 saturated carbocycles. The zero-order valence-electron chi connectivity index (χ0n) is 20.4. The third-order valence-corrected chi connectivity index (χ3v) is 11.5. The normalized spacial score (nSPS) is 46.6. The molecule has 2 N–H and O–H groups in total. The Morgan fingerprint density at radius 3 is 1.74 bits per heavy atom. The maximum absolute atomic E-state index is 13.7. The van der Waals surface area contributed by atoms with Crippen LogP contribution in [0.4, 0.5) is 5.69 Å². The third kappa shape index (κ3) is 3.76. The molecule has 0 heterocycles. The van der Waals surface area contributed by atoms with Crippen molar-refractivity contribution in [1.82, 2.24) is 5.32 Å². The van der Waals surface area contributed by atoms with Gasteiger partial charge in [0.25, 0.3) is 0 Å². The van der Waals surface area contributed by atoms with Gasteiger partial charge in [0.2, 0.25) is 11.8 Å². The van der Waals surface area contributed by atoms with Crippen molar-refractivity contribution < 1.29 is 9.59 Å². The monoisotopic (exact) mass is 514 g/mol. The first-order chi connectivity index (χ1) is 16.7. The van der Waals surface area contributed by atoms with Crippen molar-refractivity contribution in [2.75, 3.05) is 5.32 Å². The van der Waals surface area contributed by atoms with E-state index in [1.54, 1.807) is 0 Å². The number of nitrogens with one attached hydrogen (secondary N) is 2. The van der Waals surface area contributed by atoms with Crippen molar-refractivity contribution in [3.05, 3.63) is 29.8 Å². The van der Waals surface area contributed by atoms with E-state index < -0.39 is 0 Å². The molecule has 8 aliphatic carbocycles. The van der Waals surface area contributed by atoms with Crippen LogP contribution in [0.2, 0.25) is 0 Å². The average molecular weight is 516 g/mol. The van der Waals surface area contributed by atoms with Crippen LogP contribution in [0.15, 0.2) is 24.3 Å². The summed E-state index contributed by atoms with van der Waals surface area (Å²) in [6.07, 6.45) is 12.2. The number of carbonyl (C=O) groups is 2. The molecule has 4 nitrogen and oxygen atoms in total. The molecule has 4 atom stereocenters. The number of carbonyl (C=O) groups excluding carboxylic acids is 2. The van der Waals surface area contributed by atoms with Crippen LogP contribution in [0.3, 0.4) is 0 Å². The minimum absolute atomic E-state index is 0.126. The minimum atomic E-state index is -0.337. The molecule has 4 unspecified atom stereocenters. The van der Waals surface area contributed by atoms with Crippen LogP contribution in [-0.2, 0) is 16.1 Å². The summed E-state index contributed by atoms with van der Waals surface area (Å²) >= 11 is 14.0. The first kappa shape index (κ1) is 22.9. The molecule has 8 fully saturated rings. The average Bonchev–Trinajstić information content (AvgIpc) is 2.75. The Bertz CT molecular complexity index is 1060. The maximum atomic E-state index is 13.7. The maximum Gasteiger partial charge on any atom is 0.230 e. The molecule has 0 radical (unpaired) electrons. The fourth-order valence-electron chi connectivity index (χ4n) is 10.2. The van der Waals surface area contributed by atoms with E-state index in [4.69, 9.17) is 23.2 Å². The summed E-state index contributed by atoms with van der Waals surface area (Å²) in [6.45, 7) is 0.430. The fourth-order valence-corrected chi connectivity index (χ4v) is 11.6. The lowest BCUT2D eigenvalue weighted by Gasteiger charge is -2.59. The molecule has 6 heteroatoms. The Labute approximate surface area is 218 Å². The van der Waals surface area contributed by atoms with Crippen molar-refractivity contribution in [3.8, 4) is 0 Å². The second kappa shape index (κ2) is 7.63. The first-order valence-electron chi connectivity index (χ1n) is 13.7. The molecule has 0 saturated heterocycles. The number of hydrogen-bond acceptors (Lipinski definition) is 2. The van der Waals surface area contributed by atoms with Crippen molar-refractivity contribution in [2.45, 2.75) is 93.3 Å². The standard InChI is InChI=1S/C29H36Cl2N2O2/c30-28-11-18-5-19(12-28)8-26(7-18,16-28)24(34)32-15-22-3-1-2-4-23(22)33-25(35)27-9-20-6-21(10-27)14-29(31,13-20)17-27/h1-4,18-21H,5-17H2,(H,32,34)(H,33,35). The first-order valence-corrected chi connectivity index (χ1v) is 14.5. The molecule has 188 valence electrons. The van der Waals surface area contributed by atoms with Crippen LogP contribution in [0, 0.1) is 34.5 Å². The van der Waals surface area contributed by atoms with E-state index in [1.807, 2.05) is 24.3 Å². The van der Waals surface area contributed by atoms with Gasteiger partial charge in [-0.15, -0.1) is 23.2 Å². The van der Waals surface area contributed by atoms with Crippen molar-refractivity contribution in [2.24, 2.45) is 34.5 Å². The lowest BCUT2D eigenvalue weighted by molar-refractivity contribution is -0.144. The molecule has 1 aromatic carbocycles. The summed E-state index contributed by atoms with van der Waals surface area (Å²) in [4.78, 5) is 26.9. The molecular formula is C29H36Cl2N2O2. The van der Waals surface area contributed by atoms with Gasteiger partial charge in [-0.3, -0.25) is 9.59 Å². The highest BCUT2D eigenvalue weighted by atomic mass is 35.5. The lowest BCUT2D eigenvalue weighted by atomic mass is 9.49. The number of amides is 2. The summed E-state index contributed by atoms with van der Waals surface area (Å²) < 4.78 is 0. The number of hydrogen-bond donors (Lipinski definition) is 2. The van der Waals surface area contributed by atoms with Gasteiger partial charge in [-0.25, -0.2) is 0 Å². The van der Waals surface area contributed by atoms with Crippen LogP contribution in [0.1, 0.15) is 82.6 Å². The highest BCUT2D eigenvalue weighted by molar-refractivity contribution is 6.24. The third-order valence-electron chi connectivity index (χ3n) is 10.6. The zero-order valence-corrected chi connectivity index (χ0v) is 21.9. The summed E-state index contributed by atoms with van der Waals surface area (Å²) in [5, 5.41) is 6.54. The largest absolute Gasteiger partial charge is 0.351 e. The summed E-state index contributed by atoms with van der Waals surface area (Å²) in [6, 6.07) is 7.92. The Morgan fingerprint density at radius 2 is 1.23 bits per heavy atom. The summed E-state index contributed by atoms with van der Waals surface area (Å²) in [7, 11) is 0. The lowest BCUT2D eigenvalue weighted by Crippen LogP contribution is -2.58. The summed E-state index contributed by atoms with van der Waals surface area (Å²) in [5.74, 6) is 2.63. The van der Waals surface area contributed by atoms with Crippen LogP contribution in [-0.4, -0.2) is 21.6 Å². The van der Waals surface area contributed by atoms with Gasteiger partial charge in [0, 0.05) is 22.0 Å². The van der Waals surface area contributed by atoms with E-state index >= 15 is 0 Å². The van der Waals surface area contributed by atoms with E-state index in [0.717, 1.165) is 75.5 Å². The fraction of sp³-hybridized carbons (Fsp3) is 0.724. The van der Waals surface area contributed by atoms with Crippen molar-refractivity contribution in [3.63, 3.8) is 0 Å². The van der Waals surface area contributed by atoms with Crippen molar-refractivity contribution >= 4 is 40.7 Å². The van der Waals surface area contributed by atoms with E-state index in [1.165, 1.54) is 12.8 Å². The highest BCUT2D eigenvalue weighted by Gasteiger charge is 2.61. The van der Waals surface area contributed by atoms with Crippen LogP contribution in [0.5, 0.6) is 0 Å². The molecule has 9 rings (SSSR count). The minimum Gasteiger partial charge on any atom is -0.351 e. The SMILES string of the molecule is O=C(NCc1ccccc1NC(=O)C12CC3CC(CC(Cl)(C3)C1)C2)C12CC3CC(CC(Cl)(C3)C1)C2. The highest BCUT2D eigenvalue weighted by Crippen LogP contribution is 2.65. The van der Waals surface area contributed by atoms with Crippen LogP contribution in [0.25, 0.3) is 0 Å². The van der Waals surface area contributed by atoms with Gasteiger partial charge in [0.05, 0.1) is 10.8 Å². The van der Waals surface area contributed by atoms with E-state index in [-0.39, 0.29) is 32.4 Å². The second-order valence-corrected chi connectivity index (χ2v) is 15.2. The van der Waals surface area contributed by atoms with Crippen LogP contribution < -0.4 is 10.6 Å². The Balaban J connectivity index is 1.06. The molecule has 8 bridgehead atoms. The molecule has 2 amide bonds. The number of anilines is 1. The number of benzene rings is 1. The van der Waals surface area contributed by atoms with E-state index in [9.17, 15) is 9.59 Å². The second-order valence-electron chi connectivity index (χ2n) is 13.6. The molecule has 8 aliphatic rings. The zero-order chi connectivity index (χ0) is 24.1. The van der Waals surface area contributed by atoms with E-state index in [0.29, 0.717) is 30.2 Å². The van der Waals surface area contributed by atoms with Gasteiger partial charge < -0.3 is 10.6 Å². The van der Waals surface area contributed by atoms with Crippen molar-refractivity contribution in [1.29, 1.82) is 0 Å². The van der Waals surface area contributed by atoms with E-state index in [2.05, 4.69) is 10.6 Å². The van der Waals surface area contributed by atoms with Gasteiger partial charge in [-0.1, -0.05) is 18.2 Å². The molecule has 0 spiro atoms. The number of halogens is 2. The number of rotatable bonds is 5. The molecule has 0 aromatic heterocycles. The predicted molar refractivity (Wildman–Crippen MR) is 138 cm³/mol. The van der Waals surface area contributed by atoms with Gasteiger partial charge >= 0.3 is 0 Å². The Kier molecular flexibility index (Phi) is 4.99. The van der Waals surface area contributed by atoms with Crippen LogP contribution >= 0.6 is 23.2 Å². The van der Waals surface area contributed by atoms with Gasteiger partial charge in [0.1, 0.15) is 0 Å². The molecular weight excluding hydrogens is 479 g/mol. The van der Waals surface area contributed by atoms with Gasteiger partial charge in [-0.2, -0.15) is 0 Å². The molecule has 0 aliphatic heterocycles. The quantitative estimate of drug-likeness (QED) is 0.446. The summed E-state index contributed by atoms with van der Waals surface area (Å²) in [5.41, 5.74) is 1.13. The molecule has 35 heavy (non-hydrogen) atoms. The Hall–Kier alpha value is -1.26. The van der Waals surface area contributed by atoms with Gasteiger partial charge in [-0.05, 0) is 112 Å². The number of para-hydroxylation sites is 1. The number of alkyl halides is 2. The Morgan fingerprint density at radius 1 is 0.743 bits per heavy atom. The molecule has 1 aromatic rings. The van der Waals surface area contributed by atoms with Gasteiger partial charge in [0.15, 0.2) is 0 Å².